The lowest BCUT2D eigenvalue weighted by Crippen LogP contribution is -2.46. The van der Waals surface area contributed by atoms with Crippen LogP contribution in [0.5, 0.6) is 23.0 Å². The monoisotopic (exact) mass is 389 g/mol. The number of hydrogen-bond acceptors (Lipinski definition) is 4. The fourth-order valence-electron chi connectivity index (χ4n) is 3.32. The van der Waals surface area contributed by atoms with E-state index in [0.29, 0.717) is 23.9 Å². The van der Waals surface area contributed by atoms with E-state index in [1.807, 2.05) is 78.9 Å². The Morgan fingerprint density at radius 2 is 1.45 bits per heavy atom. The molecule has 1 aliphatic heterocycles. The summed E-state index contributed by atoms with van der Waals surface area (Å²) >= 11 is 0. The SMILES string of the molecule is CC1(C)COC(=O)N[C@@H]1c1ccc(Oc2ccccc2)c(Oc2ccccc2)c1. The Morgan fingerprint density at radius 3 is 2.07 bits per heavy atom. The number of rotatable bonds is 5. The number of carbonyl (C=O) groups excluding carboxylic acids is 1. The second-order valence-electron chi connectivity index (χ2n) is 7.68. The van der Waals surface area contributed by atoms with Gasteiger partial charge in [-0.15, -0.1) is 0 Å². The van der Waals surface area contributed by atoms with Crippen LogP contribution in [0.25, 0.3) is 0 Å². The minimum atomic E-state index is -0.413. The summed E-state index contributed by atoms with van der Waals surface area (Å²) in [5.41, 5.74) is 0.665. The molecule has 5 nitrogen and oxygen atoms in total. The Balaban J connectivity index is 1.71. The molecule has 0 saturated carbocycles. The van der Waals surface area contributed by atoms with Gasteiger partial charge in [-0.3, -0.25) is 0 Å². The molecule has 148 valence electrons. The van der Waals surface area contributed by atoms with Crippen LogP contribution in [0.4, 0.5) is 4.79 Å². The molecule has 0 aromatic heterocycles. The molecule has 1 atom stereocenters. The van der Waals surface area contributed by atoms with Gasteiger partial charge in [-0.05, 0) is 42.0 Å². The van der Waals surface area contributed by atoms with Crippen LogP contribution in [0.15, 0.2) is 78.9 Å². The first-order valence-electron chi connectivity index (χ1n) is 9.54. The first kappa shape index (κ1) is 18.9. The fraction of sp³-hybridized carbons (Fsp3) is 0.208. The van der Waals surface area contributed by atoms with Crippen LogP contribution in [0.2, 0.25) is 0 Å². The zero-order valence-corrected chi connectivity index (χ0v) is 16.4. The topological polar surface area (TPSA) is 56.8 Å². The van der Waals surface area contributed by atoms with Gasteiger partial charge in [0.2, 0.25) is 0 Å². The smallest absolute Gasteiger partial charge is 0.407 e. The van der Waals surface area contributed by atoms with Gasteiger partial charge in [0.1, 0.15) is 18.1 Å². The number of nitrogens with one attached hydrogen (secondary N) is 1. The van der Waals surface area contributed by atoms with Gasteiger partial charge in [-0.25, -0.2) is 4.79 Å². The zero-order valence-electron chi connectivity index (χ0n) is 16.4. The van der Waals surface area contributed by atoms with Crippen molar-refractivity contribution in [3.05, 3.63) is 84.4 Å². The van der Waals surface area contributed by atoms with E-state index in [0.717, 1.165) is 11.3 Å². The molecule has 0 unspecified atom stereocenters. The van der Waals surface area contributed by atoms with Gasteiger partial charge in [-0.2, -0.15) is 0 Å². The van der Waals surface area contributed by atoms with Crippen LogP contribution in [0, 0.1) is 5.41 Å². The van der Waals surface area contributed by atoms with Crippen LogP contribution in [-0.2, 0) is 4.74 Å². The molecule has 1 fully saturated rings. The van der Waals surface area contributed by atoms with E-state index >= 15 is 0 Å². The molecular weight excluding hydrogens is 366 g/mol. The molecule has 1 amide bonds. The van der Waals surface area contributed by atoms with E-state index < -0.39 is 6.09 Å². The van der Waals surface area contributed by atoms with Crippen molar-refractivity contribution in [2.45, 2.75) is 19.9 Å². The summed E-state index contributed by atoms with van der Waals surface area (Å²) in [7, 11) is 0. The van der Waals surface area contributed by atoms with Crippen molar-refractivity contribution in [1.82, 2.24) is 5.32 Å². The van der Waals surface area contributed by atoms with Crippen molar-refractivity contribution in [3.8, 4) is 23.0 Å². The normalized spacial score (nSPS) is 17.7. The maximum atomic E-state index is 11.8. The Morgan fingerprint density at radius 1 is 0.862 bits per heavy atom. The summed E-state index contributed by atoms with van der Waals surface area (Å²) in [6.45, 7) is 4.47. The summed E-state index contributed by atoms with van der Waals surface area (Å²) in [6, 6.07) is 24.6. The number of alkyl carbamates (subject to hydrolysis) is 1. The predicted molar refractivity (Wildman–Crippen MR) is 110 cm³/mol. The van der Waals surface area contributed by atoms with Crippen LogP contribution in [0.1, 0.15) is 25.5 Å². The van der Waals surface area contributed by atoms with E-state index in [9.17, 15) is 4.79 Å². The summed E-state index contributed by atoms with van der Waals surface area (Å²) in [6.07, 6.45) is -0.413. The summed E-state index contributed by atoms with van der Waals surface area (Å²) in [5.74, 6) is 2.60. The zero-order chi connectivity index (χ0) is 20.3. The van der Waals surface area contributed by atoms with E-state index in [1.54, 1.807) is 0 Å². The highest BCUT2D eigenvalue weighted by Crippen LogP contribution is 2.41. The largest absolute Gasteiger partial charge is 0.453 e. The van der Waals surface area contributed by atoms with E-state index in [4.69, 9.17) is 14.2 Å². The Hall–Kier alpha value is -3.47. The van der Waals surface area contributed by atoms with Crippen molar-refractivity contribution >= 4 is 6.09 Å². The van der Waals surface area contributed by atoms with Crippen molar-refractivity contribution in [2.24, 2.45) is 5.41 Å². The first-order valence-corrected chi connectivity index (χ1v) is 9.54. The second-order valence-corrected chi connectivity index (χ2v) is 7.68. The Kier molecular flexibility index (Phi) is 5.12. The molecule has 1 aliphatic rings. The lowest BCUT2D eigenvalue weighted by molar-refractivity contribution is 0.0387. The van der Waals surface area contributed by atoms with Gasteiger partial charge in [0, 0.05) is 5.41 Å². The highest BCUT2D eigenvalue weighted by molar-refractivity contribution is 5.69. The van der Waals surface area contributed by atoms with Gasteiger partial charge >= 0.3 is 6.09 Å². The summed E-state index contributed by atoms with van der Waals surface area (Å²) < 4.78 is 17.4. The van der Waals surface area contributed by atoms with Crippen LogP contribution in [0.3, 0.4) is 0 Å². The molecule has 29 heavy (non-hydrogen) atoms. The van der Waals surface area contributed by atoms with Crippen molar-refractivity contribution in [2.75, 3.05) is 6.61 Å². The van der Waals surface area contributed by atoms with E-state index in [2.05, 4.69) is 19.2 Å². The molecular formula is C24H23NO4. The third-order valence-electron chi connectivity index (χ3n) is 4.86. The lowest BCUT2D eigenvalue weighted by Gasteiger charge is -2.38. The highest BCUT2D eigenvalue weighted by Gasteiger charge is 2.38. The number of amides is 1. The van der Waals surface area contributed by atoms with Crippen molar-refractivity contribution in [3.63, 3.8) is 0 Å². The number of benzene rings is 3. The summed E-state index contributed by atoms with van der Waals surface area (Å²) in [4.78, 5) is 11.8. The summed E-state index contributed by atoms with van der Waals surface area (Å²) in [5, 5.41) is 2.93. The third kappa shape index (κ3) is 4.35. The number of ether oxygens (including phenoxy) is 3. The van der Waals surface area contributed by atoms with Gasteiger partial charge in [-0.1, -0.05) is 56.3 Å². The number of para-hydroxylation sites is 2. The minimum Gasteiger partial charge on any atom is -0.453 e. The van der Waals surface area contributed by atoms with Crippen LogP contribution < -0.4 is 14.8 Å². The number of carbonyl (C=O) groups is 1. The van der Waals surface area contributed by atoms with Crippen LogP contribution >= 0.6 is 0 Å². The first-order chi connectivity index (χ1) is 14.0. The molecule has 1 N–H and O–H groups in total. The standard InChI is InChI=1S/C24H23NO4/c1-24(2)16-27-23(26)25-22(24)17-13-14-20(28-18-9-5-3-6-10-18)21(15-17)29-19-11-7-4-8-12-19/h3-15,22H,16H2,1-2H3,(H,25,26)/t22-/m1/s1. The van der Waals surface area contributed by atoms with Gasteiger partial charge in [0.05, 0.1) is 6.04 Å². The average Bonchev–Trinajstić information content (AvgIpc) is 2.73. The molecule has 0 aliphatic carbocycles. The van der Waals surface area contributed by atoms with Gasteiger partial charge < -0.3 is 19.5 Å². The number of hydrogen-bond donors (Lipinski definition) is 1. The van der Waals surface area contributed by atoms with Crippen LogP contribution in [-0.4, -0.2) is 12.7 Å². The molecule has 0 spiro atoms. The highest BCUT2D eigenvalue weighted by atomic mass is 16.6. The maximum absolute atomic E-state index is 11.8. The maximum Gasteiger partial charge on any atom is 0.407 e. The van der Waals surface area contributed by atoms with Crippen molar-refractivity contribution < 1.29 is 19.0 Å². The van der Waals surface area contributed by atoms with Gasteiger partial charge in [0.15, 0.2) is 11.5 Å². The third-order valence-corrected chi connectivity index (χ3v) is 4.86. The average molecular weight is 389 g/mol. The van der Waals surface area contributed by atoms with Crippen molar-refractivity contribution in [1.29, 1.82) is 0 Å². The molecule has 3 aromatic carbocycles. The Labute approximate surface area is 170 Å². The van der Waals surface area contributed by atoms with Gasteiger partial charge in [0.25, 0.3) is 0 Å². The Bertz CT molecular complexity index is 986. The molecule has 0 bridgehead atoms. The quantitative estimate of drug-likeness (QED) is 0.575. The predicted octanol–water partition coefficient (Wildman–Crippen LogP) is 6.08. The molecule has 1 saturated heterocycles. The lowest BCUT2D eigenvalue weighted by atomic mass is 9.80. The van der Waals surface area contributed by atoms with E-state index in [1.165, 1.54) is 0 Å². The number of cyclic esters (lactones) is 1. The fourth-order valence-corrected chi connectivity index (χ4v) is 3.32. The molecule has 1 heterocycles. The molecule has 4 rings (SSSR count). The van der Waals surface area contributed by atoms with E-state index in [-0.39, 0.29) is 11.5 Å². The molecule has 5 heteroatoms. The second kappa shape index (κ2) is 7.87. The molecule has 3 aromatic rings. The molecule has 0 radical (unpaired) electrons. The minimum absolute atomic E-state index is 0.201.